The first-order valence-electron chi connectivity index (χ1n) is 7.46. The standard InChI is InChI=1S/C17H20N2O2/c1-11-6-7-12(2)19(10-11)16-9-8-13-14(17(20)21)4-3-5-15(13)18-16/h3-5,8-9,11-12H,6-7,10H2,1-2H3,(H,20,21). The van der Waals surface area contributed by atoms with Crippen molar-refractivity contribution in [1.82, 2.24) is 4.98 Å². The molecule has 4 heteroatoms. The lowest BCUT2D eigenvalue weighted by molar-refractivity contribution is 0.0699. The summed E-state index contributed by atoms with van der Waals surface area (Å²) in [6.07, 6.45) is 2.43. The summed E-state index contributed by atoms with van der Waals surface area (Å²) in [4.78, 5) is 18.3. The molecule has 2 aromatic rings. The average molecular weight is 284 g/mol. The van der Waals surface area contributed by atoms with E-state index in [1.54, 1.807) is 12.1 Å². The van der Waals surface area contributed by atoms with E-state index in [2.05, 4.69) is 23.7 Å². The van der Waals surface area contributed by atoms with E-state index in [9.17, 15) is 9.90 Å². The van der Waals surface area contributed by atoms with Crippen molar-refractivity contribution in [3.63, 3.8) is 0 Å². The van der Waals surface area contributed by atoms with Crippen molar-refractivity contribution in [2.75, 3.05) is 11.4 Å². The van der Waals surface area contributed by atoms with Crippen molar-refractivity contribution in [2.45, 2.75) is 32.7 Å². The summed E-state index contributed by atoms with van der Waals surface area (Å²) in [6.45, 7) is 5.51. The zero-order valence-electron chi connectivity index (χ0n) is 12.4. The highest BCUT2D eigenvalue weighted by molar-refractivity contribution is 6.02. The Hall–Kier alpha value is -2.10. The molecule has 3 rings (SSSR count). The van der Waals surface area contributed by atoms with Gasteiger partial charge >= 0.3 is 5.97 Å². The maximum absolute atomic E-state index is 11.3. The van der Waals surface area contributed by atoms with Crippen molar-refractivity contribution in [1.29, 1.82) is 0 Å². The van der Waals surface area contributed by atoms with Crippen molar-refractivity contribution in [3.8, 4) is 0 Å². The Kier molecular flexibility index (Phi) is 3.53. The number of carboxylic acid groups (broad SMARTS) is 1. The van der Waals surface area contributed by atoms with E-state index in [1.807, 2.05) is 18.2 Å². The van der Waals surface area contributed by atoms with E-state index in [4.69, 9.17) is 0 Å². The molecule has 1 aliphatic rings. The Morgan fingerprint density at radius 3 is 2.81 bits per heavy atom. The minimum Gasteiger partial charge on any atom is -0.478 e. The van der Waals surface area contributed by atoms with Crippen LogP contribution < -0.4 is 4.90 Å². The topological polar surface area (TPSA) is 53.4 Å². The Morgan fingerprint density at radius 2 is 2.05 bits per heavy atom. The number of carbonyl (C=O) groups is 1. The number of hydrogen-bond donors (Lipinski definition) is 1. The van der Waals surface area contributed by atoms with Gasteiger partial charge in [0.2, 0.25) is 0 Å². The highest BCUT2D eigenvalue weighted by Gasteiger charge is 2.24. The molecule has 0 spiro atoms. The Morgan fingerprint density at radius 1 is 1.24 bits per heavy atom. The minimum atomic E-state index is -0.907. The van der Waals surface area contributed by atoms with Gasteiger partial charge in [0, 0.05) is 18.0 Å². The third-order valence-electron chi connectivity index (χ3n) is 4.36. The number of benzene rings is 1. The van der Waals surface area contributed by atoms with Crippen LogP contribution in [-0.2, 0) is 0 Å². The quantitative estimate of drug-likeness (QED) is 0.916. The molecule has 1 aromatic heterocycles. The molecule has 1 aromatic carbocycles. The zero-order chi connectivity index (χ0) is 15.0. The van der Waals surface area contributed by atoms with Crippen LogP contribution in [0.5, 0.6) is 0 Å². The average Bonchev–Trinajstić information content (AvgIpc) is 2.48. The lowest BCUT2D eigenvalue weighted by Crippen LogP contribution is -2.41. The molecule has 110 valence electrons. The fourth-order valence-corrected chi connectivity index (χ4v) is 3.10. The summed E-state index contributed by atoms with van der Waals surface area (Å²) < 4.78 is 0. The lowest BCUT2D eigenvalue weighted by atomic mass is 9.95. The SMILES string of the molecule is CC1CCC(C)N(c2ccc3c(C(=O)O)cccc3n2)C1. The summed E-state index contributed by atoms with van der Waals surface area (Å²) in [5.41, 5.74) is 1.06. The van der Waals surface area contributed by atoms with E-state index in [1.165, 1.54) is 12.8 Å². The summed E-state index contributed by atoms with van der Waals surface area (Å²) >= 11 is 0. The van der Waals surface area contributed by atoms with Gasteiger partial charge in [-0.1, -0.05) is 13.0 Å². The van der Waals surface area contributed by atoms with Gasteiger partial charge in [-0.05, 0) is 49.9 Å². The number of carboxylic acids is 1. The summed E-state index contributed by atoms with van der Waals surface area (Å²) in [7, 11) is 0. The number of pyridine rings is 1. The Bertz CT molecular complexity index is 684. The number of anilines is 1. The van der Waals surface area contributed by atoms with Crippen molar-refractivity contribution in [3.05, 3.63) is 35.9 Å². The highest BCUT2D eigenvalue weighted by atomic mass is 16.4. The number of rotatable bonds is 2. The number of aromatic nitrogens is 1. The van der Waals surface area contributed by atoms with Gasteiger partial charge in [0.05, 0.1) is 11.1 Å². The molecule has 2 heterocycles. The van der Waals surface area contributed by atoms with E-state index in [0.717, 1.165) is 17.9 Å². The van der Waals surface area contributed by atoms with Crippen LogP contribution in [0.2, 0.25) is 0 Å². The highest BCUT2D eigenvalue weighted by Crippen LogP contribution is 2.28. The third-order valence-corrected chi connectivity index (χ3v) is 4.36. The van der Waals surface area contributed by atoms with Crippen molar-refractivity contribution < 1.29 is 9.90 Å². The second-order valence-electron chi connectivity index (χ2n) is 6.03. The van der Waals surface area contributed by atoms with E-state index in [0.29, 0.717) is 22.9 Å². The van der Waals surface area contributed by atoms with Gasteiger partial charge in [-0.2, -0.15) is 0 Å². The molecule has 0 aliphatic carbocycles. The molecular weight excluding hydrogens is 264 g/mol. The fourth-order valence-electron chi connectivity index (χ4n) is 3.10. The normalized spacial score (nSPS) is 22.5. The van der Waals surface area contributed by atoms with Crippen LogP contribution in [-0.4, -0.2) is 28.6 Å². The molecular formula is C17H20N2O2. The number of nitrogens with zero attached hydrogens (tertiary/aromatic N) is 2. The summed E-state index contributed by atoms with van der Waals surface area (Å²) in [5, 5.41) is 9.94. The molecule has 1 fully saturated rings. The van der Waals surface area contributed by atoms with E-state index in [-0.39, 0.29) is 0 Å². The smallest absolute Gasteiger partial charge is 0.336 e. The van der Waals surface area contributed by atoms with Gasteiger partial charge in [-0.3, -0.25) is 0 Å². The lowest BCUT2D eigenvalue weighted by Gasteiger charge is -2.37. The second-order valence-corrected chi connectivity index (χ2v) is 6.03. The molecule has 0 saturated carbocycles. The minimum absolute atomic E-state index is 0.312. The fraction of sp³-hybridized carbons (Fsp3) is 0.412. The number of aromatic carboxylic acids is 1. The number of hydrogen-bond acceptors (Lipinski definition) is 3. The summed E-state index contributed by atoms with van der Waals surface area (Å²) in [6, 6.07) is 9.57. The van der Waals surface area contributed by atoms with E-state index < -0.39 is 5.97 Å². The molecule has 1 aliphatic heterocycles. The maximum atomic E-state index is 11.3. The predicted octanol–water partition coefficient (Wildman–Crippen LogP) is 3.56. The number of piperidine rings is 1. The molecule has 0 amide bonds. The summed E-state index contributed by atoms with van der Waals surface area (Å²) in [5.74, 6) is 0.711. The van der Waals surface area contributed by atoms with Gasteiger partial charge in [0.15, 0.2) is 0 Å². The van der Waals surface area contributed by atoms with Crippen molar-refractivity contribution in [2.24, 2.45) is 5.92 Å². The van der Waals surface area contributed by atoms with Crippen LogP contribution in [0.1, 0.15) is 37.0 Å². The van der Waals surface area contributed by atoms with Crippen LogP contribution >= 0.6 is 0 Å². The van der Waals surface area contributed by atoms with Gasteiger partial charge in [0.1, 0.15) is 5.82 Å². The predicted molar refractivity (Wildman–Crippen MR) is 83.9 cm³/mol. The second kappa shape index (κ2) is 5.35. The molecule has 1 N–H and O–H groups in total. The molecule has 2 atom stereocenters. The van der Waals surface area contributed by atoms with Crippen LogP contribution in [0.15, 0.2) is 30.3 Å². The molecule has 0 radical (unpaired) electrons. The largest absolute Gasteiger partial charge is 0.478 e. The molecule has 2 unspecified atom stereocenters. The first-order valence-corrected chi connectivity index (χ1v) is 7.46. The first kappa shape index (κ1) is 13.9. The van der Waals surface area contributed by atoms with Gasteiger partial charge in [-0.25, -0.2) is 9.78 Å². The first-order chi connectivity index (χ1) is 10.1. The molecule has 21 heavy (non-hydrogen) atoms. The van der Waals surface area contributed by atoms with Crippen LogP contribution in [0.3, 0.4) is 0 Å². The van der Waals surface area contributed by atoms with Crippen molar-refractivity contribution >= 4 is 22.7 Å². The van der Waals surface area contributed by atoms with Gasteiger partial charge < -0.3 is 10.0 Å². The van der Waals surface area contributed by atoms with Gasteiger partial charge in [0.25, 0.3) is 0 Å². The van der Waals surface area contributed by atoms with Crippen LogP contribution in [0.4, 0.5) is 5.82 Å². The molecule has 0 bridgehead atoms. The zero-order valence-corrected chi connectivity index (χ0v) is 12.4. The van der Waals surface area contributed by atoms with Crippen LogP contribution in [0, 0.1) is 5.92 Å². The van der Waals surface area contributed by atoms with Gasteiger partial charge in [-0.15, -0.1) is 0 Å². The third kappa shape index (κ3) is 2.58. The van der Waals surface area contributed by atoms with E-state index >= 15 is 0 Å². The monoisotopic (exact) mass is 284 g/mol. The maximum Gasteiger partial charge on any atom is 0.336 e. The Labute approximate surface area is 124 Å². The Balaban J connectivity index is 2.03. The molecule has 1 saturated heterocycles. The number of fused-ring (bicyclic) bond motifs is 1. The molecule has 4 nitrogen and oxygen atoms in total. The van der Waals surface area contributed by atoms with Crippen LogP contribution in [0.25, 0.3) is 10.9 Å².